The number of rotatable bonds is 5. The summed E-state index contributed by atoms with van der Waals surface area (Å²) < 4.78 is 1.71. The molecule has 7 heteroatoms. The van der Waals surface area contributed by atoms with Gasteiger partial charge in [0, 0.05) is 63.4 Å². The van der Waals surface area contributed by atoms with E-state index in [-0.39, 0.29) is 5.69 Å². The van der Waals surface area contributed by atoms with Crippen LogP contribution in [0.5, 0.6) is 0 Å². The smallest absolute Gasteiger partial charge is 0.325 e. The van der Waals surface area contributed by atoms with Gasteiger partial charge in [0.1, 0.15) is 12.1 Å². The third kappa shape index (κ3) is 3.36. The molecule has 1 aliphatic rings. The Labute approximate surface area is 129 Å². The molecule has 1 aliphatic heterocycles. The molecule has 1 saturated heterocycles. The summed E-state index contributed by atoms with van der Waals surface area (Å²) in [5.41, 5.74) is 1.05. The van der Waals surface area contributed by atoms with Crippen LogP contribution in [0.25, 0.3) is 0 Å². The number of H-pyrrole nitrogens is 1. The van der Waals surface area contributed by atoms with Crippen molar-refractivity contribution in [3.05, 3.63) is 41.0 Å². The molecular weight excluding hydrogens is 280 g/mol. The molecule has 0 radical (unpaired) electrons. The highest BCUT2D eigenvalue weighted by atomic mass is 16.1. The van der Waals surface area contributed by atoms with Gasteiger partial charge < -0.3 is 9.88 Å². The van der Waals surface area contributed by atoms with Crippen LogP contribution in [0, 0.1) is 0 Å². The zero-order chi connectivity index (χ0) is 15.4. The van der Waals surface area contributed by atoms with Gasteiger partial charge in [-0.05, 0) is 6.42 Å². The lowest BCUT2D eigenvalue weighted by molar-refractivity contribution is 0.246. The molecule has 22 heavy (non-hydrogen) atoms. The van der Waals surface area contributed by atoms with Gasteiger partial charge in [-0.25, -0.2) is 14.8 Å². The summed E-state index contributed by atoms with van der Waals surface area (Å²) in [6, 6.07) is 2.08. The highest BCUT2D eigenvalue weighted by molar-refractivity contribution is 5.39. The lowest BCUT2D eigenvalue weighted by Gasteiger charge is -2.35. The van der Waals surface area contributed by atoms with Crippen LogP contribution in [-0.2, 0) is 13.0 Å². The van der Waals surface area contributed by atoms with Crippen molar-refractivity contribution in [3.63, 3.8) is 0 Å². The first-order valence-electron chi connectivity index (χ1n) is 7.78. The van der Waals surface area contributed by atoms with Crippen LogP contribution in [0.1, 0.15) is 12.6 Å². The standard InChI is InChI=1S/C15H22N6O/c1-2-13-11-14(18-12-17-13)20-8-5-19(6-9-20)7-10-21-4-3-16-15(21)22/h3-4,11-12H,2,5-10H2,1H3,(H,16,22). The van der Waals surface area contributed by atoms with E-state index in [2.05, 4.69) is 37.7 Å². The van der Waals surface area contributed by atoms with Crippen LogP contribution in [0.15, 0.2) is 29.6 Å². The van der Waals surface area contributed by atoms with Crippen LogP contribution >= 0.6 is 0 Å². The molecule has 118 valence electrons. The van der Waals surface area contributed by atoms with Crippen molar-refractivity contribution in [2.24, 2.45) is 0 Å². The maximum Gasteiger partial charge on any atom is 0.325 e. The second-order valence-corrected chi connectivity index (χ2v) is 5.51. The van der Waals surface area contributed by atoms with E-state index in [0.29, 0.717) is 0 Å². The maximum absolute atomic E-state index is 11.5. The summed E-state index contributed by atoms with van der Waals surface area (Å²) in [5.74, 6) is 1.02. The van der Waals surface area contributed by atoms with Gasteiger partial charge in [0.15, 0.2) is 0 Å². The summed E-state index contributed by atoms with van der Waals surface area (Å²) in [7, 11) is 0. The van der Waals surface area contributed by atoms with Crippen molar-refractivity contribution < 1.29 is 0 Å². The normalized spacial score (nSPS) is 16.1. The molecule has 2 aromatic heterocycles. The lowest BCUT2D eigenvalue weighted by Crippen LogP contribution is -2.47. The summed E-state index contributed by atoms with van der Waals surface area (Å²) in [4.78, 5) is 27.4. The van der Waals surface area contributed by atoms with Gasteiger partial charge in [0.25, 0.3) is 0 Å². The first-order chi connectivity index (χ1) is 10.8. The molecule has 3 heterocycles. The Bertz CT molecular complexity index is 656. The molecule has 0 aliphatic carbocycles. The van der Waals surface area contributed by atoms with Gasteiger partial charge in [-0.3, -0.25) is 9.47 Å². The highest BCUT2D eigenvalue weighted by Crippen LogP contribution is 2.14. The average molecular weight is 302 g/mol. The van der Waals surface area contributed by atoms with E-state index in [4.69, 9.17) is 0 Å². The van der Waals surface area contributed by atoms with Crippen molar-refractivity contribution >= 4 is 5.82 Å². The third-order valence-electron chi connectivity index (χ3n) is 4.15. The Morgan fingerprint density at radius 3 is 2.68 bits per heavy atom. The van der Waals surface area contributed by atoms with E-state index < -0.39 is 0 Å². The number of piperazine rings is 1. The molecule has 3 rings (SSSR count). The fourth-order valence-corrected chi connectivity index (χ4v) is 2.73. The molecule has 0 atom stereocenters. The Morgan fingerprint density at radius 1 is 1.18 bits per heavy atom. The predicted octanol–water partition coefficient (Wildman–Crippen LogP) is 0.351. The minimum absolute atomic E-state index is 0.0354. The number of hydrogen-bond donors (Lipinski definition) is 1. The second kappa shape index (κ2) is 6.74. The molecule has 0 bridgehead atoms. The molecule has 0 amide bonds. The molecule has 0 aromatic carbocycles. The molecule has 7 nitrogen and oxygen atoms in total. The van der Waals surface area contributed by atoms with Crippen molar-refractivity contribution in [3.8, 4) is 0 Å². The van der Waals surface area contributed by atoms with Crippen LogP contribution in [0.2, 0.25) is 0 Å². The van der Waals surface area contributed by atoms with Crippen molar-refractivity contribution in [2.45, 2.75) is 19.9 Å². The Morgan fingerprint density at radius 2 is 2.00 bits per heavy atom. The number of anilines is 1. The SMILES string of the molecule is CCc1cc(N2CCN(CCn3cc[nH]c3=O)CC2)ncn1. The van der Waals surface area contributed by atoms with Crippen LogP contribution in [-0.4, -0.2) is 57.1 Å². The number of aryl methyl sites for hydroxylation is 1. The molecular formula is C15H22N6O. The fraction of sp³-hybridized carbons (Fsp3) is 0.533. The Kier molecular flexibility index (Phi) is 4.53. The zero-order valence-electron chi connectivity index (χ0n) is 12.9. The molecule has 1 N–H and O–H groups in total. The summed E-state index contributed by atoms with van der Waals surface area (Å²) in [5, 5.41) is 0. The fourth-order valence-electron chi connectivity index (χ4n) is 2.73. The summed E-state index contributed by atoms with van der Waals surface area (Å²) in [6.45, 7) is 7.64. The van der Waals surface area contributed by atoms with E-state index in [1.807, 2.05) is 0 Å². The van der Waals surface area contributed by atoms with E-state index in [1.165, 1.54) is 0 Å². The quantitative estimate of drug-likeness (QED) is 0.863. The Hall–Kier alpha value is -2.15. The summed E-state index contributed by atoms with van der Waals surface area (Å²) in [6.07, 6.45) is 6.06. The average Bonchev–Trinajstić information content (AvgIpc) is 2.98. The van der Waals surface area contributed by atoms with Crippen molar-refractivity contribution in [2.75, 3.05) is 37.6 Å². The van der Waals surface area contributed by atoms with Gasteiger partial charge in [-0.1, -0.05) is 6.92 Å². The van der Waals surface area contributed by atoms with Gasteiger partial charge >= 0.3 is 5.69 Å². The number of nitrogens with zero attached hydrogens (tertiary/aromatic N) is 5. The van der Waals surface area contributed by atoms with Gasteiger partial charge in [0.2, 0.25) is 0 Å². The van der Waals surface area contributed by atoms with E-state index in [1.54, 1.807) is 23.3 Å². The van der Waals surface area contributed by atoms with Gasteiger partial charge in [0.05, 0.1) is 0 Å². The number of aromatic nitrogens is 4. The number of nitrogens with one attached hydrogen (secondary N) is 1. The monoisotopic (exact) mass is 302 g/mol. The zero-order valence-corrected chi connectivity index (χ0v) is 12.9. The Balaban J connectivity index is 1.51. The van der Waals surface area contributed by atoms with Gasteiger partial charge in [-0.15, -0.1) is 0 Å². The van der Waals surface area contributed by atoms with Crippen LogP contribution in [0.4, 0.5) is 5.82 Å². The second-order valence-electron chi connectivity index (χ2n) is 5.51. The lowest BCUT2D eigenvalue weighted by atomic mass is 10.2. The molecule has 1 fully saturated rings. The first kappa shape index (κ1) is 14.8. The van der Waals surface area contributed by atoms with Crippen molar-refractivity contribution in [1.29, 1.82) is 0 Å². The van der Waals surface area contributed by atoms with E-state index >= 15 is 0 Å². The molecule has 0 saturated carbocycles. The maximum atomic E-state index is 11.5. The number of hydrogen-bond acceptors (Lipinski definition) is 5. The topological polar surface area (TPSA) is 70.0 Å². The molecule has 0 unspecified atom stereocenters. The van der Waals surface area contributed by atoms with E-state index in [0.717, 1.165) is 57.2 Å². The predicted molar refractivity (Wildman–Crippen MR) is 85.1 cm³/mol. The highest BCUT2D eigenvalue weighted by Gasteiger charge is 2.18. The minimum Gasteiger partial charge on any atom is -0.354 e. The minimum atomic E-state index is -0.0354. The number of aromatic amines is 1. The van der Waals surface area contributed by atoms with E-state index in [9.17, 15) is 4.79 Å². The van der Waals surface area contributed by atoms with Crippen molar-refractivity contribution in [1.82, 2.24) is 24.4 Å². The van der Waals surface area contributed by atoms with Crippen LogP contribution < -0.4 is 10.6 Å². The van der Waals surface area contributed by atoms with Crippen LogP contribution in [0.3, 0.4) is 0 Å². The summed E-state index contributed by atoms with van der Waals surface area (Å²) >= 11 is 0. The molecule has 0 spiro atoms. The first-order valence-corrected chi connectivity index (χ1v) is 7.78. The number of imidazole rings is 1. The third-order valence-corrected chi connectivity index (χ3v) is 4.15. The van der Waals surface area contributed by atoms with Gasteiger partial charge in [-0.2, -0.15) is 0 Å². The largest absolute Gasteiger partial charge is 0.354 e. The molecule has 2 aromatic rings.